The zero-order valence-corrected chi connectivity index (χ0v) is 7.49. The molecular weight excluding hydrogens is 160 g/mol. The van der Waals surface area contributed by atoms with Crippen molar-refractivity contribution in [1.82, 2.24) is 0 Å². The van der Waals surface area contributed by atoms with E-state index in [4.69, 9.17) is 10.2 Å². The first-order valence-electron chi connectivity index (χ1n) is 4.09. The highest BCUT2D eigenvalue weighted by atomic mass is 16.5. The van der Waals surface area contributed by atoms with E-state index in [2.05, 4.69) is 4.74 Å². The maximum absolute atomic E-state index is 10.8. The van der Waals surface area contributed by atoms with Crippen LogP contribution in [-0.2, 0) is 9.53 Å². The minimum Gasteiger partial charge on any atom is -0.463 e. The summed E-state index contributed by atoms with van der Waals surface area (Å²) in [6.45, 7) is 3.18. The second kappa shape index (κ2) is 5.97. The Hall–Kier alpha value is -0.610. The summed E-state index contributed by atoms with van der Waals surface area (Å²) < 4.78 is 4.66. The van der Waals surface area contributed by atoms with E-state index in [9.17, 15) is 4.79 Å². The van der Waals surface area contributed by atoms with Gasteiger partial charge in [0.25, 0.3) is 0 Å². The van der Waals surface area contributed by atoms with E-state index in [0.29, 0.717) is 6.42 Å². The van der Waals surface area contributed by atoms with Crippen LogP contribution in [0.3, 0.4) is 0 Å². The number of hydrogen-bond donors (Lipinski definition) is 2. The third-order valence-corrected chi connectivity index (χ3v) is 1.43. The summed E-state index contributed by atoms with van der Waals surface area (Å²) in [5.41, 5.74) is 0. The summed E-state index contributed by atoms with van der Waals surface area (Å²) in [6.07, 6.45) is -0.763. The van der Waals surface area contributed by atoms with Crippen molar-refractivity contribution in [3.8, 4) is 0 Å². The van der Waals surface area contributed by atoms with Crippen molar-refractivity contribution in [3.63, 3.8) is 0 Å². The number of carbonyl (C=O) groups is 1. The molecule has 0 aliphatic carbocycles. The summed E-state index contributed by atoms with van der Waals surface area (Å²) in [7, 11) is 0. The van der Waals surface area contributed by atoms with E-state index in [1.807, 2.05) is 6.92 Å². The summed E-state index contributed by atoms with van der Waals surface area (Å²) in [5.74, 6) is -0.336. The summed E-state index contributed by atoms with van der Waals surface area (Å²) in [4.78, 5) is 10.8. The number of aliphatic hydroxyl groups is 2. The minimum atomic E-state index is -0.981. The molecule has 0 bridgehead atoms. The first kappa shape index (κ1) is 11.4. The van der Waals surface area contributed by atoms with Gasteiger partial charge in [0.05, 0.1) is 6.10 Å². The lowest BCUT2D eigenvalue weighted by Crippen LogP contribution is -2.29. The van der Waals surface area contributed by atoms with E-state index < -0.39 is 12.2 Å². The first-order valence-corrected chi connectivity index (χ1v) is 4.09. The van der Waals surface area contributed by atoms with Gasteiger partial charge < -0.3 is 14.9 Å². The van der Waals surface area contributed by atoms with Gasteiger partial charge in [-0.05, 0) is 13.3 Å². The minimum absolute atomic E-state index is 0.128. The molecule has 0 radical (unpaired) electrons. The van der Waals surface area contributed by atoms with Crippen LogP contribution in [-0.4, -0.2) is 35.0 Å². The van der Waals surface area contributed by atoms with Crippen LogP contribution in [0.2, 0.25) is 0 Å². The molecule has 1 unspecified atom stereocenters. The van der Waals surface area contributed by atoms with Crippen molar-refractivity contribution in [3.05, 3.63) is 0 Å². The topological polar surface area (TPSA) is 66.8 Å². The van der Waals surface area contributed by atoms with Crippen molar-refractivity contribution in [2.24, 2.45) is 0 Å². The lowest BCUT2D eigenvalue weighted by atomic mass is 10.2. The standard InChI is InChI=1S/C8H16O4/c1-3-4-8(11)12-5-7(10)6(2)9/h6-7,9-10H,3-5H2,1-2H3/t6?,7-/m0/s1. The molecule has 0 aliphatic rings. The van der Waals surface area contributed by atoms with Gasteiger partial charge in [0.2, 0.25) is 0 Å². The van der Waals surface area contributed by atoms with Crippen LogP contribution in [0.1, 0.15) is 26.7 Å². The maximum atomic E-state index is 10.8. The van der Waals surface area contributed by atoms with E-state index in [-0.39, 0.29) is 12.6 Å². The Bertz CT molecular complexity index is 133. The highest BCUT2D eigenvalue weighted by Gasteiger charge is 2.12. The van der Waals surface area contributed by atoms with Crippen LogP contribution in [0.4, 0.5) is 0 Å². The Morgan fingerprint density at radius 2 is 2.08 bits per heavy atom. The molecular formula is C8H16O4. The Morgan fingerprint density at radius 3 is 2.50 bits per heavy atom. The van der Waals surface area contributed by atoms with Gasteiger partial charge in [-0.15, -0.1) is 0 Å². The fourth-order valence-electron chi connectivity index (χ4n) is 0.594. The molecule has 0 aromatic carbocycles. The average molecular weight is 176 g/mol. The number of ether oxygens (including phenoxy) is 1. The van der Waals surface area contributed by atoms with E-state index in [0.717, 1.165) is 6.42 Å². The van der Waals surface area contributed by atoms with E-state index >= 15 is 0 Å². The molecule has 0 heterocycles. The molecule has 4 heteroatoms. The SMILES string of the molecule is CCCC(=O)OC[C@H](O)C(C)O. The molecule has 0 aliphatic heterocycles. The van der Waals surface area contributed by atoms with Crippen molar-refractivity contribution in [2.45, 2.75) is 38.9 Å². The lowest BCUT2D eigenvalue weighted by molar-refractivity contribution is -0.148. The van der Waals surface area contributed by atoms with Crippen LogP contribution >= 0.6 is 0 Å². The second-order valence-corrected chi connectivity index (χ2v) is 2.74. The molecule has 0 saturated carbocycles. The smallest absolute Gasteiger partial charge is 0.305 e. The van der Waals surface area contributed by atoms with Crippen LogP contribution in [0.5, 0.6) is 0 Å². The zero-order chi connectivity index (χ0) is 9.56. The van der Waals surface area contributed by atoms with Gasteiger partial charge >= 0.3 is 5.97 Å². The first-order chi connectivity index (χ1) is 5.57. The summed E-state index contributed by atoms with van der Waals surface area (Å²) >= 11 is 0. The Labute approximate surface area is 72.2 Å². The average Bonchev–Trinajstić information content (AvgIpc) is 2.00. The quantitative estimate of drug-likeness (QED) is 0.582. The Balaban J connectivity index is 3.47. The maximum Gasteiger partial charge on any atom is 0.305 e. The third-order valence-electron chi connectivity index (χ3n) is 1.43. The Kier molecular flexibility index (Phi) is 5.66. The molecule has 0 aromatic rings. The van der Waals surface area contributed by atoms with Gasteiger partial charge in [0.15, 0.2) is 0 Å². The van der Waals surface area contributed by atoms with Crippen molar-refractivity contribution >= 4 is 5.97 Å². The van der Waals surface area contributed by atoms with Crippen molar-refractivity contribution in [2.75, 3.05) is 6.61 Å². The van der Waals surface area contributed by atoms with Gasteiger partial charge in [-0.2, -0.15) is 0 Å². The van der Waals surface area contributed by atoms with Gasteiger partial charge in [0.1, 0.15) is 12.7 Å². The lowest BCUT2D eigenvalue weighted by Gasteiger charge is -2.13. The van der Waals surface area contributed by atoms with Crippen LogP contribution in [0, 0.1) is 0 Å². The normalized spacial score (nSPS) is 15.3. The fraction of sp³-hybridized carbons (Fsp3) is 0.875. The van der Waals surface area contributed by atoms with E-state index in [1.54, 1.807) is 0 Å². The zero-order valence-electron chi connectivity index (χ0n) is 7.49. The monoisotopic (exact) mass is 176 g/mol. The summed E-state index contributed by atoms with van der Waals surface area (Å²) in [5, 5.41) is 17.8. The Morgan fingerprint density at radius 1 is 1.50 bits per heavy atom. The fourth-order valence-corrected chi connectivity index (χ4v) is 0.594. The molecule has 2 N–H and O–H groups in total. The molecule has 0 fully saturated rings. The second-order valence-electron chi connectivity index (χ2n) is 2.74. The third kappa shape index (κ3) is 5.09. The molecule has 0 saturated heterocycles. The molecule has 0 amide bonds. The van der Waals surface area contributed by atoms with Crippen molar-refractivity contribution < 1.29 is 19.7 Å². The van der Waals surface area contributed by atoms with Gasteiger partial charge in [-0.3, -0.25) is 4.79 Å². The van der Waals surface area contributed by atoms with Gasteiger partial charge in [-0.25, -0.2) is 0 Å². The van der Waals surface area contributed by atoms with Crippen molar-refractivity contribution in [1.29, 1.82) is 0 Å². The number of carbonyl (C=O) groups excluding carboxylic acids is 1. The van der Waals surface area contributed by atoms with E-state index in [1.165, 1.54) is 6.92 Å². The molecule has 0 spiro atoms. The molecule has 0 aromatic heterocycles. The molecule has 2 atom stereocenters. The predicted octanol–water partition coefficient (Wildman–Crippen LogP) is 0.0714. The molecule has 12 heavy (non-hydrogen) atoms. The predicted molar refractivity (Wildman–Crippen MR) is 43.6 cm³/mol. The largest absolute Gasteiger partial charge is 0.463 e. The van der Waals surface area contributed by atoms with Crippen LogP contribution < -0.4 is 0 Å². The number of aliphatic hydroxyl groups excluding tert-OH is 2. The number of esters is 1. The molecule has 4 nitrogen and oxygen atoms in total. The highest BCUT2D eigenvalue weighted by Crippen LogP contribution is 1.96. The van der Waals surface area contributed by atoms with Gasteiger partial charge in [-0.1, -0.05) is 6.92 Å². The summed E-state index contributed by atoms with van der Waals surface area (Å²) in [6, 6.07) is 0. The van der Waals surface area contributed by atoms with Crippen LogP contribution in [0.15, 0.2) is 0 Å². The highest BCUT2D eigenvalue weighted by molar-refractivity contribution is 5.69. The van der Waals surface area contributed by atoms with Crippen LogP contribution in [0.25, 0.3) is 0 Å². The molecule has 72 valence electrons. The number of hydrogen-bond acceptors (Lipinski definition) is 4. The number of rotatable bonds is 5. The molecule has 0 rings (SSSR count). The van der Waals surface area contributed by atoms with Gasteiger partial charge in [0, 0.05) is 6.42 Å².